The summed E-state index contributed by atoms with van der Waals surface area (Å²) < 4.78 is 0. The molecule has 0 radical (unpaired) electrons. The molecule has 18 heavy (non-hydrogen) atoms. The van der Waals surface area contributed by atoms with Crippen molar-refractivity contribution < 1.29 is 14.7 Å². The third-order valence-corrected chi connectivity index (χ3v) is 4.82. The van der Waals surface area contributed by atoms with Gasteiger partial charge < -0.3 is 14.9 Å². The predicted molar refractivity (Wildman–Crippen MR) is 70.8 cm³/mol. The van der Waals surface area contributed by atoms with Gasteiger partial charge in [0.15, 0.2) is 0 Å². The molecule has 2 amide bonds. The van der Waals surface area contributed by atoms with Crippen molar-refractivity contribution in [3.05, 3.63) is 0 Å². The van der Waals surface area contributed by atoms with E-state index in [0.717, 1.165) is 31.7 Å². The van der Waals surface area contributed by atoms with Crippen molar-refractivity contribution in [3.63, 3.8) is 0 Å². The van der Waals surface area contributed by atoms with Gasteiger partial charge in [0, 0.05) is 31.1 Å². The summed E-state index contributed by atoms with van der Waals surface area (Å²) in [4.78, 5) is 26.9. The highest BCUT2D eigenvalue weighted by atomic mass is 32.2. The monoisotopic (exact) mass is 272 g/mol. The molecule has 5 nitrogen and oxygen atoms in total. The van der Waals surface area contributed by atoms with Crippen LogP contribution in [0.3, 0.4) is 0 Å². The lowest BCUT2D eigenvalue weighted by atomic mass is 10.1. The zero-order valence-corrected chi connectivity index (χ0v) is 11.5. The SMILES string of the molecule is CCC1CCN(C(=O)N2CCSCC2C(=O)O)C1. The summed E-state index contributed by atoms with van der Waals surface area (Å²) in [6, 6.07) is -0.740. The van der Waals surface area contributed by atoms with Crippen LogP contribution in [-0.4, -0.2) is 64.1 Å². The molecule has 0 aromatic rings. The van der Waals surface area contributed by atoms with Gasteiger partial charge in [0.1, 0.15) is 6.04 Å². The average molecular weight is 272 g/mol. The van der Waals surface area contributed by atoms with Crippen molar-refractivity contribution in [3.8, 4) is 0 Å². The quantitative estimate of drug-likeness (QED) is 0.824. The minimum absolute atomic E-state index is 0.0846. The number of hydrogen-bond acceptors (Lipinski definition) is 3. The van der Waals surface area contributed by atoms with Gasteiger partial charge in [-0.25, -0.2) is 9.59 Å². The molecular weight excluding hydrogens is 252 g/mol. The second-order valence-corrected chi connectivity index (χ2v) is 6.06. The van der Waals surface area contributed by atoms with Crippen molar-refractivity contribution >= 4 is 23.8 Å². The number of carbonyl (C=O) groups excluding carboxylic acids is 1. The standard InChI is InChI=1S/C12H20N2O3S/c1-2-9-3-4-13(7-9)12(17)14-5-6-18-8-10(14)11(15)16/h9-10H,2-8H2,1H3,(H,15,16). The van der Waals surface area contributed by atoms with Gasteiger partial charge in [-0.15, -0.1) is 0 Å². The Labute approximate surface area is 112 Å². The van der Waals surface area contributed by atoms with Crippen LogP contribution in [0.5, 0.6) is 0 Å². The lowest BCUT2D eigenvalue weighted by Gasteiger charge is -2.35. The maximum absolute atomic E-state index is 12.4. The molecule has 2 atom stereocenters. The Morgan fingerprint density at radius 1 is 1.39 bits per heavy atom. The van der Waals surface area contributed by atoms with Crippen molar-refractivity contribution in [2.75, 3.05) is 31.1 Å². The number of hydrogen-bond donors (Lipinski definition) is 1. The number of likely N-dealkylation sites (tertiary alicyclic amines) is 1. The normalized spacial score (nSPS) is 28.5. The molecule has 0 aromatic heterocycles. The van der Waals surface area contributed by atoms with Gasteiger partial charge >= 0.3 is 12.0 Å². The molecule has 0 bridgehead atoms. The Hall–Kier alpha value is -0.910. The summed E-state index contributed by atoms with van der Waals surface area (Å²) in [5.41, 5.74) is 0. The second-order valence-electron chi connectivity index (χ2n) is 4.91. The van der Waals surface area contributed by atoms with E-state index >= 15 is 0 Å². The van der Waals surface area contributed by atoms with Gasteiger partial charge in [-0.05, 0) is 12.3 Å². The largest absolute Gasteiger partial charge is 0.480 e. The van der Waals surface area contributed by atoms with E-state index in [1.807, 2.05) is 4.90 Å². The van der Waals surface area contributed by atoms with Crippen LogP contribution in [0.15, 0.2) is 0 Å². The highest BCUT2D eigenvalue weighted by Gasteiger charge is 2.36. The molecule has 0 saturated carbocycles. The number of carboxylic acids is 1. The van der Waals surface area contributed by atoms with Crippen LogP contribution >= 0.6 is 11.8 Å². The Balaban J connectivity index is 2.00. The first-order chi connectivity index (χ1) is 8.63. The van der Waals surface area contributed by atoms with Crippen molar-refractivity contribution in [2.45, 2.75) is 25.8 Å². The zero-order chi connectivity index (χ0) is 13.1. The van der Waals surface area contributed by atoms with Crippen LogP contribution in [0.1, 0.15) is 19.8 Å². The molecule has 2 rings (SSSR count). The molecule has 2 aliphatic rings. The molecule has 0 spiro atoms. The van der Waals surface area contributed by atoms with Crippen molar-refractivity contribution in [1.82, 2.24) is 9.80 Å². The Morgan fingerprint density at radius 3 is 2.78 bits per heavy atom. The molecule has 2 aliphatic heterocycles. The van der Waals surface area contributed by atoms with Crippen molar-refractivity contribution in [2.24, 2.45) is 5.92 Å². The molecule has 1 N–H and O–H groups in total. The van der Waals surface area contributed by atoms with E-state index < -0.39 is 12.0 Å². The Kier molecular flexibility index (Phi) is 4.37. The Bertz CT molecular complexity index is 337. The molecule has 2 unspecified atom stereocenters. The minimum atomic E-state index is -0.887. The van der Waals surface area contributed by atoms with Crippen LogP contribution in [0.25, 0.3) is 0 Å². The maximum Gasteiger partial charge on any atom is 0.327 e. The molecule has 102 valence electrons. The van der Waals surface area contributed by atoms with E-state index in [4.69, 9.17) is 0 Å². The first kappa shape index (κ1) is 13.5. The van der Waals surface area contributed by atoms with Crippen LogP contribution in [0.2, 0.25) is 0 Å². The number of aliphatic carboxylic acids is 1. The van der Waals surface area contributed by atoms with E-state index in [9.17, 15) is 14.7 Å². The molecular formula is C12H20N2O3S. The Morgan fingerprint density at radius 2 is 2.17 bits per heavy atom. The van der Waals surface area contributed by atoms with Gasteiger partial charge in [-0.3, -0.25) is 0 Å². The first-order valence-electron chi connectivity index (χ1n) is 6.49. The fourth-order valence-corrected chi connectivity index (χ4v) is 3.60. The van der Waals surface area contributed by atoms with E-state index in [1.165, 1.54) is 4.90 Å². The third kappa shape index (κ3) is 2.74. The van der Waals surface area contributed by atoms with Gasteiger partial charge in [0.2, 0.25) is 0 Å². The smallest absolute Gasteiger partial charge is 0.327 e. The van der Waals surface area contributed by atoms with E-state index in [0.29, 0.717) is 18.2 Å². The van der Waals surface area contributed by atoms with Crippen LogP contribution in [0, 0.1) is 5.92 Å². The molecule has 2 fully saturated rings. The number of urea groups is 1. The average Bonchev–Trinajstić information content (AvgIpc) is 2.86. The molecule has 2 heterocycles. The van der Waals surface area contributed by atoms with Gasteiger partial charge in [0.05, 0.1) is 0 Å². The molecule has 2 saturated heterocycles. The lowest BCUT2D eigenvalue weighted by molar-refractivity contribution is -0.141. The second kappa shape index (κ2) is 5.82. The van der Waals surface area contributed by atoms with Gasteiger partial charge in [0.25, 0.3) is 0 Å². The summed E-state index contributed by atoms with van der Waals surface area (Å²) in [6.45, 7) is 4.24. The van der Waals surface area contributed by atoms with Crippen LogP contribution in [0.4, 0.5) is 4.79 Å². The fraction of sp³-hybridized carbons (Fsp3) is 0.833. The van der Waals surface area contributed by atoms with Crippen LogP contribution < -0.4 is 0 Å². The summed E-state index contributed by atoms with van der Waals surface area (Å²) in [6.07, 6.45) is 2.13. The third-order valence-electron chi connectivity index (χ3n) is 3.79. The van der Waals surface area contributed by atoms with Crippen LogP contribution in [-0.2, 0) is 4.79 Å². The van der Waals surface area contributed by atoms with Gasteiger partial charge in [-0.1, -0.05) is 13.3 Å². The lowest BCUT2D eigenvalue weighted by Crippen LogP contribution is -2.54. The number of carboxylic acid groups (broad SMARTS) is 1. The number of rotatable bonds is 2. The maximum atomic E-state index is 12.4. The highest BCUT2D eigenvalue weighted by molar-refractivity contribution is 7.99. The van der Waals surface area contributed by atoms with Gasteiger partial charge in [-0.2, -0.15) is 11.8 Å². The summed E-state index contributed by atoms with van der Waals surface area (Å²) in [5, 5.41) is 9.17. The fourth-order valence-electron chi connectivity index (χ4n) is 2.56. The number of thioether (sulfide) groups is 1. The number of amides is 2. The number of nitrogens with zero attached hydrogens (tertiary/aromatic N) is 2. The van der Waals surface area contributed by atoms with E-state index in [-0.39, 0.29) is 6.03 Å². The number of carbonyl (C=O) groups is 2. The van der Waals surface area contributed by atoms with E-state index in [1.54, 1.807) is 11.8 Å². The molecule has 6 heteroatoms. The first-order valence-corrected chi connectivity index (χ1v) is 7.65. The van der Waals surface area contributed by atoms with Crippen molar-refractivity contribution in [1.29, 1.82) is 0 Å². The molecule has 0 aliphatic carbocycles. The summed E-state index contributed by atoms with van der Waals surface area (Å²) in [5.74, 6) is 1.03. The summed E-state index contributed by atoms with van der Waals surface area (Å²) >= 11 is 1.61. The summed E-state index contributed by atoms with van der Waals surface area (Å²) in [7, 11) is 0. The minimum Gasteiger partial charge on any atom is -0.480 e. The van der Waals surface area contributed by atoms with E-state index in [2.05, 4.69) is 6.92 Å². The highest BCUT2D eigenvalue weighted by Crippen LogP contribution is 2.23. The molecule has 0 aromatic carbocycles. The zero-order valence-electron chi connectivity index (χ0n) is 10.7. The topological polar surface area (TPSA) is 60.9 Å². The predicted octanol–water partition coefficient (Wildman–Crippen LogP) is 1.34.